The largest absolute Gasteiger partial charge is 0.497 e. The number of hydrogen-bond acceptors (Lipinski definition) is 4. The van der Waals surface area contributed by atoms with Crippen molar-refractivity contribution in [1.29, 1.82) is 5.26 Å². The van der Waals surface area contributed by atoms with E-state index < -0.39 is 8.38 Å². The molecule has 0 aromatic heterocycles. The molecular formula is C22H20NO3P. The van der Waals surface area contributed by atoms with Gasteiger partial charge in [-0.1, -0.05) is 48.5 Å². The first-order chi connectivity index (χ1) is 13.3. The zero-order valence-electron chi connectivity index (χ0n) is 15.0. The predicted octanol–water partition coefficient (Wildman–Crippen LogP) is 5.77. The zero-order chi connectivity index (χ0) is 18.9. The quantitative estimate of drug-likeness (QED) is 0.468. The first-order valence-electron chi connectivity index (χ1n) is 8.55. The summed E-state index contributed by atoms with van der Waals surface area (Å²) in [5.74, 6) is 1.81. The fraction of sp³-hybridized carbons (Fsp3) is 0.136. The lowest BCUT2D eigenvalue weighted by atomic mass is 10.0. The van der Waals surface area contributed by atoms with Crippen LogP contribution in [-0.2, 0) is 0 Å². The summed E-state index contributed by atoms with van der Waals surface area (Å²) >= 11 is 0. The maximum Gasteiger partial charge on any atom is 0.292 e. The minimum atomic E-state index is -1.36. The van der Waals surface area contributed by atoms with Crippen molar-refractivity contribution < 1.29 is 13.8 Å². The average molecular weight is 377 g/mol. The Morgan fingerprint density at radius 1 is 0.815 bits per heavy atom. The zero-order valence-corrected chi connectivity index (χ0v) is 15.9. The van der Waals surface area contributed by atoms with Gasteiger partial charge in [0.2, 0.25) is 0 Å². The van der Waals surface area contributed by atoms with Crippen molar-refractivity contribution >= 4 is 8.38 Å². The van der Waals surface area contributed by atoms with E-state index in [1.165, 1.54) is 0 Å². The van der Waals surface area contributed by atoms with Crippen molar-refractivity contribution in [2.45, 2.75) is 5.92 Å². The smallest absolute Gasteiger partial charge is 0.292 e. The number of rotatable bonds is 8. The van der Waals surface area contributed by atoms with Gasteiger partial charge in [0, 0.05) is 0 Å². The second-order valence-corrected chi connectivity index (χ2v) is 7.18. The van der Waals surface area contributed by atoms with Crippen LogP contribution in [0, 0.1) is 11.3 Å². The molecule has 0 aliphatic carbocycles. The third-order valence-corrected chi connectivity index (χ3v) is 5.38. The first kappa shape index (κ1) is 18.8. The van der Waals surface area contributed by atoms with Crippen molar-refractivity contribution in [2.24, 2.45) is 0 Å². The van der Waals surface area contributed by atoms with E-state index in [0.717, 1.165) is 22.8 Å². The average Bonchev–Trinajstić information content (AvgIpc) is 2.73. The predicted molar refractivity (Wildman–Crippen MR) is 107 cm³/mol. The number of nitriles is 1. The third-order valence-electron chi connectivity index (χ3n) is 3.88. The molecule has 0 aliphatic rings. The lowest BCUT2D eigenvalue weighted by Crippen LogP contribution is -2.08. The van der Waals surface area contributed by atoms with Gasteiger partial charge in [-0.3, -0.25) is 0 Å². The van der Waals surface area contributed by atoms with Crippen LogP contribution in [0.4, 0.5) is 0 Å². The first-order valence-corrected chi connectivity index (χ1v) is 9.92. The maximum atomic E-state index is 9.73. The Balaban J connectivity index is 1.81. The van der Waals surface area contributed by atoms with Crippen LogP contribution in [0.1, 0.15) is 11.5 Å². The molecule has 0 bridgehead atoms. The van der Waals surface area contributed by atoms with Gasteiger partial charge in [0.05, 0.1) is 25.3 Å². The highest BCUT2D eigenvalue weighted by molar-refractivity contribution is 7.48. The van der Waals surface area contributed by atoms with Gasteiger partial charge < -0.3 is 13.8 Å². The van der Waals surface area contributed by atoms with Crippen LogP contribution in [0.15, 0.2) is 84.9 Å². The number of hydrogen-bond donors (Lipinski definition) is 0. The molecule has 0 fully saturated rings. The van der Waals surface area contributed by atoms with Gasteiger partial charge in [-0.25, -0.2) is 0 Å². The molecule has 0 radical (unpaired) electrons. The Kier molecular flexibility index (Phi) is 6.68. The van der Waals surface area contributed by atoms with Crippen LogP contribution in [-0.4, -0.2) is 13.3 Å². The van der Waals surface area contributed by atoms with Crippen LogP contribution in [0.25, 0.3) is 0 Å². The van der Waals surface area contributed by atoms with Crippen molar-refractivity contribution in [3.8, 4) is 23.3 Å². The van der Waals surface area contributed by atoms with E-state index in [1.807, 2.05) is 84.9 Å². The second-order valence-electron chi connectivity index (χ2n) is 5.78. The third kappa shape index (κ3) is 5.48. The maximum absolute atomic E-state index is 9.73. The van der Waals surface area contributed by atoms with Gasteiger partial charge in [0.25, 0.3) is 8.38 Å². The minimum absolute atomic E-state index is 0.362. The molecule has 0 heterocycles. The van der Waals surface area contributed by atoms with Crippen molar-refractivity contribution in [3.05, 3.63) is 90.5 Å². The lowest BCUT2D eigenvalue weighted by Gasteiger charge is -2.21. The molecule has 27 heavy (non-hydrogen) atoms. The molecule has 1 atom stereocenters. The molecule has 4 nitrogen and oxygen atoms in total. The highest BCUT2D eigenvalue weighted by atomic mass is 31.2. The van der Waals surface area contributed by atoms with Gasteiger partial charge in [-0.15, -0.1) is 0 Å². The Bertz CT molecular complexity index is 839. The summed E-state index contributed by atoms with van der Waals surface area (Å²) in [6, 6.07) is 29.0. The van der Waals surface area contributed by atoms with Crippen LogP contribution in [0.3, 0.4) is 0 Å². The molecule has 3 aromatic rings. The summed E-state index contributed by atoms with van der Waals surface area (Å²) in [6.45, 7) is 0. The number of methoxy groups -OCH3 is 1. The van der Waals surface area contributed by atoms with Crippen LogP contribution >= 0.6 is 8.38 Å². The molecule has 5 heteroatoms. The Morgan fingerprint density at radius 2 is 1.37 bits per heavy atom. The highest BCUT2D eigenvalue weighted by Gasteiger charge is 2.23. The van der Waals surface area contributed by atoms with Crippen LogP contribution in [0.5, 0.6) is 17.2 Å². The summed E-state index contributed by atoms with van der Waals surface area (Å²) in [5, 5.41) is 9.73. The molecule has 0 saturated heterocycles. The Labute approximate surface area is 160 Å². The van der Waals surface area contributed by atoms with E-state index in [0.29, 0.717) is 6.16 Å². The van der Waals surface area contributed by atoms with E-state index in [1.54, 1.807) is 7.11 Å². The molecular weight excluding hydrogens is 357 g/mol. The second kappa shape index (κ2) is 9.62. The molecule has 3 rings (SSSR count). The van der Waals surface area contributed by atoms with Gasteiger partial charge in [-0.05, 0) is 42.0 Å². The van der Waals surface area contributed by atoms with Crippen LogP contribution < -0.4 is 13.8 Å². The van der Waals surface area contributed by atoms with Crippen molar-refractivity contribution in [2.75, 3.05) is 13.3 Å². The Hall–Kier alpha value is -3.02. The fourth-order valence-electron chi connectivity index (χ4n) is 2.52. The standard InChI is InChI=1S/C22H20NO3P/c1-24-22-14-8-9-18(15-22)19(16-23)17-27(25-20-10-4-2-5-11-20)26-21-12-6-3-7-13-21/h2-15,19H,17H2,1H3. The minimum Gasteiger partial charge on any atom is -0.497 e. The van der Waals surface area contributed by atoms with E-state index in [2.05, 4.69) is 6.07 Å². The summed E-state index contributed by atoms with van der Waals surface area (Å²) in [4.78, 5) is 0. The molecule has 3 aromatic carbocycles. The van der Waals surface area contributed by atoms with Gasteiger partial charge in [-0.2, -0.15) is 5.26 Å². The molecule has 0 N–H and O–H groups in total. The topological polar surface area (TPSA) is 51.5 Å². The summed E-state index contributed by atoms with van der Waals surface area (Å²) < 4.78 is 17.5. The highest BCUT2D eigenvalue weighted by Crippen LogP contribution is 2.44. The molecule has 0 aliphatic heterocycles. The molecule has 136 valence electrons. The number of nitrogens with zero attached hydrogens (tertiary/aromatic N) is 1. The van der Waals surface area contributed by atoms with E-state index in [-0.39, 0.29) is 5.92 Å². The molecule has 0 spiro atoms. The molecule has 0 saturated carbocycles. The van der Waals surface area contributed by atoms with Crippen molar-refractivity contribution in [3.63, 3.8) is 0 Å². The summed E-state index contributed by atoms with van der Waals surface area (Å²) in [6.07, 6.45) is 0.447. The Morgan fingerprint density at radius 3 is 1.89 bits per heavy atom. The normalized spacial score (nSPS) is 11.4. The van der Waals surface area contributed by atoms with Crippen molar-refractivity contribution in [1.82, 2.24) is 0 Å². The number of para-hydroxylation sites is 2. The summed E-state index contributed by atoms with van der Waals surface area (Å²) in [5.41, 5.74) is 0.887. The van der Waals surface area contributed by atoms with Gasteiger partial charge in [0.15, 0.2) is 0 Å². The van der Waals surface area contributed by atoms with Crippen LogP contribution in [0.2, 0.25) is 0 Å². The monoisotopic (exact) mass is 377 g/mol. The van der Waals surface area contributed by atoms with E-state index >= 15 is 0 Å². The lowest BCUT2D eigenvalue weighted by molar-refractivity contribution is 0.414. The van der Waals surface area contributed by atoms with E-state index in [4.69, 9.17) is 13.8 Å². The van der Waals surface area contributed by atoms with Gasteiger partial charge >= 0.3 is 0 Å². The van der Waals surface area contributed by atoms with E-state index in [9.17, 15) is 5.26 Å². The SMILES string of the molecule is COc1cccc(C(C#N)CP(Oc2ccccc2)Oc2ccccc2)c1. The molecule has 0 amide bonds. The molecule has 1 unspecified atom stereocenters. The number of benzene rings is 3. The number of ether oxygens (including phenoxy) is 1. The van der Waals surface area contributed by atoms with Gasteiger partial charge in [0.1, 0.15) is 17.2 Å². The fourth-order valence-corrected chi connectivity index (χ4v) is 4.01. The summed E-state index contributed by atoms with van der Waals surface area (Å²) in [7, 11) is 0.256.